The number of carbonyl (C=O) groups excluding carboxylic acids is 1. The minimum Gasteiger partial charge on any atom is -0.482 e. The molecule has 1 amide bonds. The van der Waals surface area contributed by atoms with E-state index in [9.17, 15) is 4.79 Å². The fourth-order valence-corrected chi connectivity index (χ4v) is 3.58. The minimum atomic E-state index is -0.199. The number of amidine groups is 1. The Labute approximate surface area is 161 Å². The SMILES string of the molecule is NC1=NC#CCC(N2CCCOC[C@H]2c2cc3c(cc2Cl)OCC(=O)N3)=N1. The molecule has 0 spiro atoms. The van der Waals surface area contributed by atoms with E-state index in [-0.39, 0.29) is 24.5 Å². The zero-order valence-electron chi connectivity index (χ0n) is 14.5. The maximum Gasteiger partial charge on any atom is 0.262 e. The van der Waals surface area contributed by atoms with Gasteiger partial charge in [-0.15, -0.1) is 0 Å². The molecule has 1 aromatic rings. The van der Waals surface area contributed by atoms with E-state index in [1.54, 1.807) is 6.07 Å². The molecule has 0 unspecified atom stereocenters. The number of nitrogens with zero attached hydrogens (tertiary/aromatic N) is 3. The highest BCUT2D eigenvalue weighted by Crippen LogP contribution is 2.38. The molecule has 0 bridgehead atoms. The Bertz CT molecular complexity index is 902. The van der Waals surface area contributed by atoms with E-state index in [0.29, 0.717) is 42.6 Å². The third-order valence-corrected chi connectivity index (χ3v) is 4.83. The van der Waals surface area contributed by atoms with Crippen LogP contribution >= 0.6 is 11.6 Å². The predicted molar refractivity (Wildman–Crippen MR) is 102 cm³/mol. The van der Waals surface area contributed by atoms with E-state index >= 15 is 0 Å². The molecule has 0 aliphatic carbocycles. The van der Waals surface area contributed by atoms with Gasteiger partial charge >= 0.3 is 0 Å². The van der Waals surface area contributed by atoms with Crippen molar-refractivity contribution in [2.45, 2.75) is 18.9 Å². The molecule has 8 nitrogen and oxygen atoms in total. The van der Waals surface area contributed by atoms with Crippen LogP contribution < -0.4 is 15.8 Å². The van der Waals surface area contributed by atoms with Crippen molar-refractivity contribution in [1.82, 2.24) is 4.90 Å². The molecular formula is C18H18ClN5O3. The van der Waals surface area contributed by atoms with Crippen LogP contribution in [0, 0.1) is 12.0 Å². The molecule has 1 fully saturated rings. The van der Waals surface area contributed by atoms with Crippen molar-refractivity contribution in [2.75, 3.05) is 31.7 Å². The number of anilines is 1. The van der Waals surface area contributed by atoms with E-state index < -0.39 is 0 Å². The molecule has 1 aromatic carbocycles. The van der Waals surface area contributed by atoms with Gasteiger partial charge in [0.05, 0.1) is 24.8 Å². The second kappa shape index (κ2) is 7.47. The van der Waals surface area contributed by atoms with Gasteiger partial charge in [0.2, 0.25) is 5.96 Å². The van der Waals surface area contributed by atoms with Gasteiger partial charge < -0.3 is 25.4 Å². The van der Waals surface area contributed by atoms with E-state index in [2.05, 4.69) is 32.2 Å². The number of ether oxygens (including phenoxy) is 2. The topological polar surface area (TPSA) is 102 Å². The van der Waals surface area contributed by atoms with Crippen LogP contribution in [0.5, 0.6) is 5.75 Å². The number of amides is 1. The Hall–Kier alpha value is -2.76. The van der Waals surface area contributed by atoms with Gasteiger partial charge in [-0.3, -0.25) is 4.79 Å². The summed E-state index contributed by atoms with van der Waals surface area (Å²) in [5, 5.41) is 3.35. The predicted octanol–water partition coefficient (Wildman–Crippen LogP) is 1.51. The first-order chi connectivity index (χ1) is 13.1. The monoisotopic (exact) mass is 387 g/mol. The lowest BCUT2D eigenvalue weighted by Gasteiger charge is -2.33. The smallest absolute Gasteiger partial charge is 0.262 e. The number of nitrogens with two attached hydrogens (primary N) is 1. The fourth-order valence-electron chi connectivity index (χ4n) is 3.30. The first-order valence-electron chi connectivity index (χ1n) is 8.61. The largest absolute Gasteiger partial charge is 0.482 e. The van der Waals surface area contributed by atoms with Crippen LogP contribution in [0.15, 0.2) is 22.1 Å². The number of hydrogen-bond donors (Lipinski definition) is 2. The summed E-state index contributed by atoms with van der Waals surface area (Å²) < 4.78 is 11.2. The summed E-state index contributed by atoms with van der Waals surface area (Å²) >= 11 is 6.56. The van der Waals surface area contributed by atoms with Gasteiger partial charge in [0, 0.05) is 30.3 Å². The van der Waals surface area contributed by atoms with Crippen LogP contribution in [-0.4, -0.2) is 49.0 Å². The Morgan fingerprint density at radius 1 is 1.41 bits per heavy atom. The number of guanidine groups is 1. The van der Waals surface area contributed by atoms with Crippen LogP contribution in [0.1, 0.15) is 24.4 Å². The molecule has 140 valence electrons. The molecule has 9 heteroatoms. The van der Waals surface area contributed by atoms with Gasteiger partial charge in [0.15, 0.2) is 6.61 Å². The lowest BCUT2D eigenvalue weighted by atomic mass is 10.0. The number of nitrogens with one attached hydrogen (secondary N) is 1. The van der Waals surface area contributed by atoms with Gasteiger partial charge in [-0.1, -0.05) is 17.5 Å². The van der Waals surface area contributed by atoms with Crippen LogP contribution in [0.4, 0.5) is 5.69 Å². The Morgan fingerprint density at radius 3 is 3.19 bits per heavy atom. The van der Waals surface area contributed by atoms with Crippen LogP contribution in [-0.2, 0) is 9.53 Å². The third kappa shape index (κ3) is 3.70. The van der Waals surface area contributed by atoms with Crippen molar-refractivity contribution in [3.63, 3.8) is 0 Å². The normalized spacial score (nSPS) is 22.0. The molecule has 0 aromatic heterocycles. The number of hydrogen-bond acceptors (Lipinski definition) is 7. The zero-order chi connectivity index (χ0) is 18.8. The van der Waals surface area contributed by atoms with Gasteiger partial charge in [0.1, 0.15) is 11.6 Å². The maximum absolute atomic E-state index is 11.7. The second-order valence-electron chi connectivity index (χ2n) is 6.31. The summed E-state index contributed by atoms with van der Waals surface area (Å²) in [5.74, 6) is 4.17. The summed E-state index contributed by atoms with van der Waals surface area (Å²) in [5.41, 5.74) is 7.22. The molecule has 3 aliphatic heterocycles. The molecule has 0 saturated carbocycles. The quantitative estimate of drug-likeness (QED) is 0.711. The zero-order valence-corrected chi connectivity index (χ0v) is 15.3. The second-order valence-corrected chi connectivity index (χ2v) is 6.71. The molecule has 3 N–H and O–H groups in total. The first-order valence-corrected chi connectivity index (χ1v) is 8.98. The highest BCUT2D eigenvalue weighted by atomic mass is 35.5. The summed E-state index contributed by atoms with van der Waals surface area (Å²) in [6, 6.07) is 6.00. The van der Waals surface area contributed by atoms with Gasteiger partial charge in [-0.25, -0.2) is 0 Å². The molecule has 0 radical (unpaired) electrons. The van der Waals surface area contributed by atoms with Gasteiger partial charge in [0.25, 0.3) is 5.91 Å². The first kappa shape index (κ1) is 17.6. The number of halogens is 1. The highest BCUT2D eigenvalue weighted by molar-refractivity contribution is 6.31. The Morgan fingerprint density at radius 2 is 2.30 bits per heavy atom. The molecule has 1 saturated heterocycles. The van der Waals surface area contributed by atoms with Crippen LogP contribution in [0.2, 0.25) is 5.02 Å². The summed E-state index contributed by atoms with van der Waals surface area (Å²) in [6.07, 6.45) is 1.27. The Kier molecular flexibility index (Phi) is 4.88. The molecule has 3 heterocycles. The van der Waals surface area contributed by atoms with Crippen molar-refractivity contribution in [3.05, 3.63) is 22.7 Å². The Balaban J connectivity index is 1.73. The average Bonchev–Trinajstić information content (AvgIpc) is 3.01. The van der Waals surface area contributed by atoms with Crippen molar-refractivity contribution >= 4 is 35.0 Å². The standard InChI is InChI=1S/C18H18ClN5O3/c19-12-8-15-13(22-17(25)10-27-15)7-11(12)14-9-26-6-2-5-24(14)16-3-1-4-21-18(20)23-16/h7-8,14H,2-3,5-6,9-10H2,(H2,20,21)(H,22,25)/t14-/m0/s1. The fraction of sp³-hybridized carbons (Fsp3) is 0.389. The summed E-state index contributed by atoms with van der Waals surface area (Å²) in [4.78, 5) is 22.0. The van der Waals surface area contributed by atoms with Crippen molar-refractivity contribution < 1.29 is 14.3 Å². The number of fused-ring (bicyclic) bond motifs is 1. The van der Waals surface area contributed by atoms with E-state index in [1.165, 1.54) is 0 Å². The molecule has 1 atom stereocenters. The number of aliphatic imine (C=N–C) groups is 2. The van der Waals surface area contributed by atoms with Crippen molar-refractivity contribution in [1.29, 1.82) is 0 Å². The number of benzene rings is 1. The van der Waals surface area contributed by atoms with Crippen molar-refractivity contribution in [2.24, 2.45) is 15.7 Å². The minimum absolute atomic E-state index is 0.0184. The van der Waals surface area contributed by atoms with E-state index in [0.717, 1.165) is 17.8 Å². The van der Waals surface area contributed by atoms with E-state index in [1.807, 2.05) is 6.07 Å². The molecule has 27 heavy (non-hydrogen) atoms. The lowest BCUT2D eigenvalue weighted by Crippen LogP contribution is -2.37. The molecule has 4 rings (SSSR count). The number of carbonyl (C=O) groups is 1. The van der Waals surface area contributed by atoms with Gasteiger partial charge in [-0.05, 0) is 18.1 Å². The average molecular weight is 388 g/mol. The molecular weight excluding hydrogens is 370 g/mol. The van der Waals surface area contributed by atoms with Crippen molar-refractivity contribution in [3.8, 4) is 17.7 Å². The van der Waals surface area contributed by atoms with Crippen LogP contribution in [0.3, 0.4) is 0 Å². The maximum atomic E-state index is 11.7. The summed E-state index contributed by atoms with van der Waals surface area (Å²) in [7, 11) is 0. The van der Waals surface area contributed by atoms with Crippen LogP contribution in [0.25, 0.3) is 0 Å². The third-order valence-electron chi connectivity index (χ3n) is 4.50. The summed E-state index contributed by atoms with van der Waals surface area (Å²) in [6.45, 7) is 1.76. The lowest BCUT2D eigenvalue weighted by molar-refractivity contribution is -0.118. The highest BCUT2D eigenvalue weighted by Gasteiger charge is 2.30. The van der Waals surface area contributed by atoms with Gasteiger partial charge in [-0.2, -0.15) is 9.98 Å². The number of rotatable bonds is 1. The molecule has 3 aliphatic rings. The van der Waals surface area contributed by atoms with E-state index in [4.69, 9.17) is 26.8 Å².